The molecule has 0 spiro atoms. The molecule has 1 fully saturated rings. The van der Waals surface area contributed by atoms with Crippen LogP contribution in [-0.2, 0) is 14.3 Å². The summed E-state index contributed by atoms with van der Waals surface area (Å²) in [5.41, 5.74) is 0. The summed E-state index contributed by atoms with van der Waals surface area (Å²) < 4.78 is 5.19. The molecule has 2 N–H and O–H groups in total. The fourth-order valence-corrected chi connectivity index (χ4v) is 2.01. The third kappa shape index (κ3) is 4.02. The lowest BCUT2D eigenvalue weighted by atomic mass is 10.2. The highest BCUT2D eigenvalue weighted by Gasteiger charge is 2.27. The summed E-state index contributed by atoms with van der Waals surface area (Å²) in [7, 11) is 0. The number of carbonyl (C=O) groups is 2. The van der Waals surface area contributed by atoms with Crippen LogP contribution in [0.3, 0.4) is 0 Å². The highest BCUT2D eigenvalue weighted by atomic mass is 32.2. The minimum atomic E-state index is -0.986. The van der Waals surface area contributed by atoms with Gasteiger partial charge in [0.1, 0.15) is 12.1 Å². The van der Waals surface area contributed by atoms with E-state index in [4.69, 9.17) is 9.84 Å². The molecule has 1 amide bonds. The highest BCUT2D eigenvalue weighted by Crippen LogP contribution is 2.12. The number of carboxylic acids is 1. The number of hydrogen-bond donors (Lipinski definition) is 2. The van der Waals surface area contributed by atoms with E-state index < -0.39 is 18.1 Å². The second-order valence-electron chi connectivity index (χ2n) is 3.68. The van der Waals surface area contributed by atoms with Crippen molar-refractivity contribution < 1.29 is 19.4 Å². The first-order valence-electron chi connectivity index (χ1n) is 5.29. The van der Waals surface area contributed by atoms with E-state index in [1.54, 1.807) is 11.8 Å². The molecule has 1 aliphatic heterocycles. The van der Waals surface area contributed by atoms with Crippen LogP contribution in [0.1, 0.15) is 19.3 Å². The van der Waals surface area contributed by atoms with Crippen LogP contribution >= 0.6 is 11.8 Å². The predicted molar refractivity (Wildman–Crippen MR) is 61.5 cm³/mol. The zero-order valence-electron chi connectivity index (χ0n) is 9.27. The van der Waals surface area contributed by atoms with Gasteiger partial charge >= 0.3 is 5.97 Å². The van der Waals surface area contributed by atoms with Crippen LogP contribution in [0, 0.1) is 0 Å². The lowest BCUT2D eigenvalue weighted by Gasteiger charge is -2.16. The monoisotopic (exact) mass is 247 g/mol. The van der Waals surface area contributed by atoms with E-state index in [2.05, 4.69) is 5.32 Å². The quantitative estimate of drug-likeness (QED) is 0.714. The zero-order chi connectivity index (χ0) is 12.0. The molecule has 2 atom stereocenters. The van der Waals surface area contributed by atoms with Gasteiger partial charge in [-0.3, -0.25) is 4.79 Å². The van der Waals surface area contributed by atoms with Gasteiger partial charge in [-0.15, -0.1) is 0 Å². The number of carbonyl (C=O) groups excluding carboxylic acids is 1. The number of thioether (sulfide) groups is 1. The van der Waals surface area contributed by atoms with E-state index in [0.29, 0.717) is 25.2 Å². The Balaban J connectivity index is 2.40. The summed E-state index contributed by atoms with van der Waals surface area (Å²) in [6, 6.07) is -0.802. The third-order valence-electron chi connectivity index (χ3n) is 2.45. The molecule has 92 valence electrons. The van der Waals surface area contributed by atoms with Crippen molar-refractivity contribution in [3.63, 3.8) is 0 Å². The second-order valence-corrected chi connectivity index (χ2v) is 4.67. The molecule has 1 saturated heterocycles. The fourth-order valence-electron chi connectivity index (χ4n) is 1.54. The zero-order valence-corrected chi connectivity index (χ0v) is 10.1. The van der Waals surface area contributed by atoms with E-state index >= 15 is 0 Å². The van der Waals surface area contributed by atoms with E-state index in [-0.39, 0.29) is 5.91 Å². The number of ether oxygens (including phenoxy) is 1. The molecule has 0 unspecified atom stereocenters. The number of hydrogen-bond acceptors (Lipinski definition) is 4. The van der Waals surface area contributed by atoms with Crippen molar-refractivity contribution in [1.29, 1.82) is 0 Å². The molecule has 16 heavy (non-hydrogen) atoms. The van der Waals surface area contributed by atoms with Gasteiger partial charge in [0.15, 0.2) is 0 Å². The molecule has 0 radical (unpaired) electrons. The minimum absolute atomic E-state index is 0.300. The van der Waals surface area contributed by atoms with Crippen LogP contribution < -0.4 is 5.32 Å². The van der Waals surface area contributed by atoms with Crippen LogP contribution in [0.4, 0.5) is 0 Å². The van der Waals surface area contributed by atoms with Crippen molar-refractivity contribution >= 4 is 23.6 Å². The molecular formula is C10H17NO4S. The van der Waals surface area contributed by atoms with Gasteiger partial charge in [-0.2, -0.15) is 11.8 Å². The molecular weight excluding hydrogens is 230 g/mol. The number of rotatable bonds is 6. The standard InChI is InChI=1S/C10H17NO4S/c1-16-6-4-7(10(13)14)11-9(12)8-3-2-5-15-8/h7-8H,2-6H2,1H3,(H,11,12)(H,13,14)/t7-,8-/m1/s1. The maximum Gasteiger partial charge on any atom is 0.326 e. The normalized spacial score (nSPS) is 21.7. The molecule has 1 aliphatic rings. The lowest BCUT2D eigenvalue weighted by molar-refractivity contribution is -0.143. The SMILES string of the molecule is CSCC[C@@H](NC(=O)[C@H]1CCCO1)C(=O)O. The number of aliphatic carboxylic acids is 1. The Morgan fingerprint density at radius 3 is 2.88 bits per heavy atom. The van der Waals surface area contributed by atoms with Crippen LogP contribution in [0.2, 0.25) is 0 Å². The molecule has 1 rings (SSSR count). The van der Waals surface area contributed by atoms with Crippen molar-refractivity contribution in [3.05, 3.63) is 0 Å². The van der Waals surface area contributed by atoms with Crippen LogP contribution in [0.25, 0.3) is 0 Å². The van der Waals surface area contributed by atoms with Crippen molar-refractivity contribution in [2.45, 2.75) is 31.4 Å². The highest BCUT2D eigenvalue weighted by molar-refractivity contribution is 7.98. The molecule has 6 heteroatoms. The van der Waals surface area contributed by atoms with Gasteiger partial charge in [0.2, 0.25) is 5.91 Å². The van der Waals surface area contributed by atoms with Crippen molar-refractivity contribution in [2.75, 3.05) is 18.6 Å². The van der Waals surface area contributed by atoms with Crippen molar-refractivity contribution in [1.82, 2.24) is 5.32 Å². The van der Waals surface area contributed by atoms with Gasteiger partial charge in [0.05, 0.1) is 0 Å². The lowest BCUT2D eigenvalue weighted by Crippen LogP contribution is -2.45. The van der Waals surface area contributed by atoms with Crippen LogP contribution in [0.5, 0.6) is 0 Å². The maximum atomic E-state index is 11.6. The van der Waals surface area contributed by atoms with Gasteiger partial charge in [-0.05, 0) is 31.3 Å². The summed E-state index contributed by atoms with van der Waals surface area (Å²) in [5.74, 6) is -0.575. The Kier molecular flexibility index (Phi) is 5.62. The maximum absolute atomic E-state index is 11.6. The van der Waals surface area contributed by atoms with Gasteiger partial charge < -0.3 is 15.2 Å². The van der Waals surface area contributed by atoms with Crippen LogP contribution in [-0.4, -0.2) is 47.7 Å². The Bertz CT molecular complexity index is 253. The van der Waals surface area contributed by atoms with E-state index in [9.17, 15) is 9.59 Å². The summed E-state index contributed by atoms with van der Waals surface area (Å²) in [4.78, 5) is 22.5. The van der Waals surface area contributed by atoms with Gasteiger partial charge in [0, 0.05) is 6.61 Å². The molecule has 0 aromatic carbocycles. The Morgan fingerprint density at radius 2 is 2.38 bits per heavy atom. The average Bonchev–Trinajstić information content (AvgIpc) is 2.76. The summed E-state index contributed by atoms with van der Waals surface area (Å²) >= 11 is 1.56. The molecule has 0 aromatic heterocycles. The average molecular weight is 247 g/mol. The van der Waals surface area contributed by atoms with Gasteiger partial charge in [-0.25, -0.2) is 4.79 Å². The first kappa shape index (κ1) is 13.3. The third-order valence-corrected chi connectivity index (χ3v) is 3.09. The van der Waals surface area contributed by atoms with E-state index in [1.165, 1.54) is 0 Å². The molecule has 0 bridgehead atoms. The summed E-state index contributed by atoms with van der Waals surface area (Å²) in [6.45, 7) is 0.584. The Labute approximate surface area is 98.9 Å². The fraction of sp³-hybridized carbons (Fsp3) is 0.800. The summed E-state index contributed by atoms with van der Waals surface area (Å²) in [6.07, 6.45) is 3.42. The van der Waals surface area contributed by atoms with E-state index in [1.807, 2.05) is 6.26 Å². The number of carboxylic acid groups (broad SMARTS) is 1. The molecule has 1 heterocycles. The Hall–Kier alpha value is -0.750. The number of nitrogens with one attached hydrogen (secondary N) is 1. The first-order valence-corrected chi connectivity index (χ1v) is 6.68. The summed E-state index contributed by atoms with van der Waals surface area (Å²) in [5, 5.41) is 11.4. The van der Waals surface area contributed by atoms with E-state index in [0.717, 1.165) is 6.42 Å². The van der Waals surface area contributed by atoms with Gasteiger partial charge in [0.25, 0.3) is 0 Å². The molecule has 0 aliphatic carbocycles. The predicted octanol–water partition coefficient (Wildman–Crippen LogP) is 0.488. The second kappa shape index (κ2) is 6.75. The van der Waals surface area contributed by atoms with Crippen molar-refractivity contribution in [3.8, 4) is 0 Å². The topological polar surface area (TPSA) is 75.6 Å². The van der Waals surface area contributed by atoms with Crippen LogP contribution in [0.15, 0.2) is 0 Å². The Morgan fingerprint density at radius 1 is 1.62 bits per heavy atom. The van der Waals surface area contributed by atoms with Crippen molar-refractivity contribution in [2.24, 2.45) is 0 Å². The molecule has 5 nitrogen and oxygen atoms in total. The largest absolute Gasteiger partial charge is 0.480 e. The molecule has 0 saturated carbocycles. The van der Waals surface area contributed by atoms with Gasteiger partial charge in [-0.1, -0.05) is 0 Å². The first-order chi connectivity index (χ1) is 7.65. The minimum Gasteiger partial charge on any atom is -0.480 e. The smallest absolute Gasteiger partial charge is 0.326 e. The number of amides is 1. The molecule has 0 aromatic rings.